The van der Waals surface area contributed by atoms with Crippen LogP contribution in [0.3, 0.4) is 0 Å². The van der Waals surface area contributed by atoms with Crippen molar-refractivity contribution in [1.82, 2.24) is 5.32 Å². The summed E-state index contributed by atoms with van der Waals surface area (Å²) in [6.07, 6.45) is 4.84. The molecule has 0 aliphatic rings. The number of para-hydroxylation sites is 1. The molecule has 0 saturated carbocycles. The fraction of sp³-hybridized carbons (Fsp3) is 0.467. The predicted octanol–water partition coefficient (Wildman–Crippen LogP) is 1.57. The summed E-state index contributed by atoms with van der Waals surface area (Å²) in [5, 5.41) is 12.4. The molecule has 2 N–H and O–H groups in total. The van der Waals surface area contributed by atoms with Gasteiger partial charge in [-0.1, -0.05) is 18.1 Å². The Balaban J connectivity index is 2.81. The SMILES string of the molecule is C#CCOc1c(CNC[C@H](C)O)cccc1OCC. The Kier molecular flexibility index (Phi) is 6.80. The van der Waals surface area contributed by atoms with Gasteiger partial charge in [-0.3, -0.25) is 0 Å². The highest BCUT2D eigenvalue weighted by Gasteiger charge is 2.10. The molecule has 0 fully saturated rings. The van der Waals surface area contributed by atoms with Gasteiger partial charge in [0.15, 0.2) is 11.5 Å². The Morgan fingerprint density at radius 1 is 1.42 bits per heavy atom. The van der Waals surface area contributed by atoms with Crippen LogP contribution >= 0.6 is 0 Å². The molecule has 1 atom stereocenters. The van der Waals surface area contributed by atoms with Crippen LogP contribution in [0.1, 0.15) is 19.4 Å². The molecule has 4 nitrogen and oxygen atoms in total. The van der Waals surface area contributed by atoms with Gasteiger partial charge in [0.05, 0.1) is 12.7 Å². The summed E-state index contributed by atoms with van der Waals surface area (Å²) in [4.78, 5) is 0. The molecule has 0 radical (unpaired) electrons. The molecular weight excluding hydrogens is 242 g/mol. The average Bonchev–Trinajstić information content (AvgIpc) is 2.38. The number of terminal acetylenes is 1. The van der Waals surface area contributed by atoms with E-state index in [1.165, 1.54) is 0 Å². The normalized spacial score (nSPS) is 11.7. The number of aliphatic hydroxyl groups is 1. The van der Waals surface area contributed by atoms with Gasteiger partial charge >= 0.3 is 0 Å². The van der Waals surface area contributed by atoms with Gasteiger partial charge in [-0.25, -0.2) is 0 Å². The van der Waals surface area contributed by atoms with E-state index in [4.69, 9.17) is 15.9 Å². The Morgan fingerprint density at radius 3 is 2.84 bits per heavy atom. The Morgan fingerprint density at radius 2 is 2.21 bits per heavy atom. The fourth-order valence-corrected chi connectivity index (χ4v) is 1.66. The van der Waals surface area contributed by atoms with Gasteiger partial charge in [0.2, 0.25) is 0 Å². The van der Waals surface area contributed by atoms with Gasteiger partial charge in [-0.05, 0) is 19.9 Å². The molecule has 1 aromatic rings. The summed E-state index contributed by atoms with van der Waals surface area (Å²) < 4.78 is 11.1. The summed E-state index contributed by atoms with van der Waals surface area (Å²) in [6.45, 7) is 5.53. The number of hydrogen-bond donors (Lipinski definition) is 2. The number of benzene rings is 1. The first kappa shape index (κ1) is 15.4. The number of hydrogen-bond acceptors (Lipinski definition) is 4. The number of nitrogens with one attached hydrogen (secondary N) is 1. The van der Waals surface area contributed by atoms with Crippen LogP contribution in [-0.2, 0) is 6.54 Å². The minimum Gasteiger partial charge on any atom is -0.490 e. The van der Waals surface area contributed by atoms with Crippen molar-refractivity contribution < 1.29 is 14.6 Å². The summed E-state index contributed by atoms with van der Waals surface area (Å²) in [7, 11) is 0. The lowest BCUT2D eigenvalue weighted by Gasteiger charge is -2.15. The van der Waals surface area contributed by atoms with Crippen molar-refractivity contribution in [3.8, 4) is 23.8 Å². The third kappa shape index (κ3) is 5.21. The van der Waals surface area contributed by atoms with E-state index in [1.807, 2.05) is 25.1 Å². The maximum absolute atomic E-state index is 9.23. The van der Waals surface area contributed by atoms with Crippen molar-refractivity contribution in [2.75, 3.05) is 19.8 Å². The van der Waals surface area contributed by atoms with Gasteiger partial charge < -0.3 is 19.9 Å². The standard InChI is InChI=1S/C15H21NO3/c1-4-9-19-15-13(11-16-10-12(3)17)7-6-8-14(15)18-5-2/h1,6-8,12,16-17H,5,9-11H2,2-3H3/t12-/m0/s1. The van der Waals surface area contributed by atoms with Crippen molar-refractivity contribution in [2.24, 2.45) is 0 Å². The fourth-order valence-electron chi connectivity index (χ4n) is 1.66. The zero-order valence-corrected chi connectivity index (χ0v) is 11.5. The van der Waals surface area contributed by atoms with E-state index in [2.05, 4.69) is 11.2 Å². The molecule has 0 unspecified atom stereocenters. The van der Waals surface area contributed by atoms with E-state index >= 15 is 0 Å². The van der Waals surface area contributed by atoms with Gasteiger partial charge in [0.25, 0.3) is 0 Å². The largest absolute Gasteiger partial charge is 0.490 e. The topological polar surface area (TPSA) is 50.7 Å². The Hall–Kier alpha value is -1.70. The highest BCUT2D eigenvalue weighted by molar-refractivity contribution is 5.46. The first-order valence-electron chi connectivity index (χ1n) is 6.38. The van der Waals surface area contributed by atoms with Crippen LogP contribution < -0.4 is 14.8 Å². The molecule has 0 aliphatic carbocycles. The van der Waals surface area contributed by atoms with E-state index in [-0.39, 0.29) is 12.7 Å². The van der Waals surface area contributed by atoms with Crippen molar-refractivity contribution in [2.45, 2.75) is 26.5 Å². The summed E-state index contributed by atoms with van der Waals surface area (Å²) in [5.74, 6) is 3.80. The van der Waals surface area contributed by atoms with E-state index in [1.54, 1.807) is 6.92 Å². The molecule has 0 bridgehead atoms. The average molecular weight is 263 g/mol. The maximum Gasteiger partial charge on any atom is 0.167 e. The Bertz CT molecular complexity index is 424. The van der Waals surface area contributed by atoms with E-state index in [9.17, 15) is 5.11 Å². The van der Waals surface area contributed by atoms with Crippen molar-refractivity contribution in [1.29, 1.82) is 0 Å². The van der Waals surface area contributed by atoms with Crippen LogP contribution in [-0.4, -0.2) is 31.0 Å². The number of rotatable bonds is 8. The highest BCUT2D eigenvalue weighted by atomic mass is 16.5. The highest BCUT2D eigenvalue weighted by Crippen LogP contribution is 2.31. The molecule has 0 aliphatic heterocycles. The molecule has 1 aromatic carbocycles. The smallest absolute Gasteiger partial charge is 0.167 e. The molecule has 1 rings (SSSR count). The second-order valence-corrected chi connectivity index (χ2v) is 4.15. The van der Waals surface area contributed by atoms with Gasteiger partial charge in [-0.2, -0.15) is 0 Å². The van der Waals surface area contributed by atoms with Crippen molar-refractivity contribution in [3.63, 3.8) is 0 Å². The summed E-state index contributed by atoms with van der Waals surface area (Å²) in [5.41, 5.74) is 0.960. The molecule has 0 spiro atoms. The van der Waals surface area contributed by atoms with E-state index in [0.717, 1.165) is 5.56 Å². The molecule has 0 amide bonds. The molecular formula is C15H21NO3. The van der Waals surface area contributed by atoms with Crippen molar-refractivity contribution in [3.05, 3.63) is 23.8 Å². The quantitative estimate of drug-likeness (QED) is 0.699. The minimum atomic E-state index is -0.384. The second kappa shape index (κ2) is 8.41. The van der Waals surface area contributed by atoms with Crippen LogP contribution in [0.25, 0.3) is 0 Å². The number of ether oxygens (including phenoxy) is 2. The lowest BCUT2D eigenvalue weighted by atomic mass is 10.2. The molecule has 0 aromatic heterocycles. The number of aliphatic hydroxyl groups excluding tert-OH is 1. The zero-order chi connectivity index (χ0) is 14.1. The van der Waals surface area contributed by atoms with Gasteiger partial charge in [0.1, 0.15) is 6.61 Å². The van der Waals surface area contributed by atoms with Crippen molar-refractivity contribution >= 4 is 0 Å². The molecule has 4 heteroatoms. The predicted molar refractivity (Wildman–Crippen MR) is 75.3 cm³/mol. The third-order valence-corrected chi connectivity index (χ3v) is 2.42. The minimum absolute atomic E-state index is 0.202. The molecule has 0 heterocycles. The third-order valence-electron chi connectivity index (χ3n) is 2.42. The van der Waals surface area contributed by atoms with E-state index in [0.29, 0.717) is 31.2 Å². The maximum atomic E-state index is 9.23. The van der Waals surface area contributed by atoms with Crippen LogP contribution in [0.5, 0.6) is 11.5 Å². The lowest BCUT2D eigenvalue weighted by Crippen LogP contribution is -2.24. The van der Waals surface area contributed by atoms with Crippen LogP contribution in [0.2, 0.25) is 0 Å². The first-order chi connectivity index (χ1) is 9.19. The Labute approximate surface area is 114 Å². The summed E-state index contributed by atoms with van der Waals surface area (Å²) in [6, 6.07) is 5.71. The summed E-state index contributed by atoms with van der Waals surface area (Å²) >= 11 is 0. The second-order valence-electron chi connectivity index (χ2n) is 4.15. The molecule has 104 valence electrons. The van der Waals surface area contributed by atoms with Crippen LogP contribution in [0.15, 0.2) is 18.2 Å². The monoisotopic (exact) mass is 263 g/mol. The zero-order valence-electron chi connectivity index (χ0n) is 11.5. The molecule has 0 saturated heterocycles. The first-order valence-corrected chi connectivity index (χ1v) is 6.38. The molecule has 19 heavy (non-hydrogen) atoms. The van der Waals surface area contributed by atoms with Gasteiger partial charge in [0, 0.05) is 18.7 Å². The lowest BCUT2D eigenvalue weighted by molar-refractivity contribution is 0.190. The van der Waals surface area contributed by atoms with Crippen LogP contribution in [0.4, 0.5) is 0 Å². The van der Waals surface area contributed by atoms with Gasteiger partial charge in [-0.15, -0.1) is 6.42 Å². The van der Waals surface area contributed by atoms with E-state index < -0.39 is 0 Å². The van der Waals surface area contributed by atoms with Crippen LogP contribution in [0, 0.1) is 12.3 Å².